The van der Waals surface area contributed by atoms with Crippen molar-refractivity contribution in [3.05, 3.63) is 64.5 Å². The summed E-state index contributed by atoms with van der Waals surface area (Å²) in [6.07, 6.45) is -4.68. The summed E-state index contributed by atoms with van der Waals surface area (Å²) in [5.74, 6) is -1.49. The summed E-state index contributed by atoms with van der Waals surface area (Å²) in [5.41, 5.74) is -0.0850. The molecule has 0 aliphatic carbocycles. The monoisotopic (exact) mass is 394 g/mol. The lowest BCUT2D eigenvalue weighted by Crippen LogP contribution is -2.28. The first-order chi connectivity index (χ1) is 13.1. The molecular weight excluding hydrogens is 375 g/mol. The van der Waals surface area contributed by atoms with Gasteiger partial charge in [0, 0.05) is 12.0 Å². The lowest BCUT2D eigenvalue weighted by Gasteiger charge is -2.15. The second-order valence-corrected chi connectivity index (χ2v) is 7.36. The summed E-state index contributed by atoms with van der Waals surface area (Å²) >= 11 is 0. The van der Waals surface area contributed by atoms with Crippen LogP contribution in [0.3, 0.4) is 0 Å². The summed E-state index contributed by atoms with van der Waals surface area (Å²) in [4.78, 5) is 12.5. The van der Waals surface area contributed by atoms with Crippen molar-refractivity contribution in [3.8, 4) is 0 Å². The molecule has 0 saturated heterocycles. The maximum atomic E-state index is 13.2. The molecule has 1 unspecified atom stereocenters. The molecule has 1 aliphatic heterocycles. The Bertz CT molecular complexity index is 896. The van der Waals surface area contributed by atoms with Gasteiger partial charge in [0.1, 0.15) is 5.82 Å². The number of benzene rings is 2. The fourth-order valence-corrected chi connectivity index (χ4v) is 3.43. The van der Waals surface area contributed by atoms with E-state index in [9.17, 15) is 27.4 Å². The third-order valence-electron chi connectivity index (χ3n) is 4.69. The third-order valence-corrected chi connectivity index (χ3v) is 4.69. The number of rotatable bonds is 5. The zero-order chi connectivity index (χ0) is 20.6. The fourth-order valence-electron chi connectivity index (χ4n) is 3.43. The van der Waals surface area contributed by atoms with Gasteiger partial charge in [0.25, 0.3) is 0 Å². The minimum atomic E-state index is -4.83. The Morgan fingerprint density at radius 2 is 1.93 bits per heavy atom. The quantitative estimate of drug-likeness (QED) is 0.473. The highest BCUT2D eigenvalue weighted by Crippen LogP contribution is 2.34. The Kier molecular flexibility index (Phi) is 5.63. The molecule has 28 heavy (non-hydrogen) atoms. The SMILES string of the molecule is CC(C)CC1OB(O)c2cc(CC(=O)c3ccc(F)cc3C(F)(F)F)ccc21. The molecule has 0 saturated carbocycles. The average Bonchev–Trinajstić information content (AvgIpc) is 2.88. The van der Waals surface area contributed by atoms with E-state index in [-0.39, 0.29) is 12.5 Å². The highest BCUT2D eigenvalue weighted by atomic mass is 19.4. The van der Waals surface area contributed by atoms with Crippen LogP contribution >= 0.6 is 0 Å². The minimum absolute atomic E-state index is 0.260. The number of fused-ring (bicyclic) bond motifs is 1. The van der Waals surface area contributed by atoms with Gasteiger partial charge in [-0.25, -0.2) is 4.39 Å². The van der Waals surface area contributed by atoms with Crippen LogP contribution in [-0.2, 0) is 17.3 Å². The molecule has 0 fully saturated rings. The Balaban J connectivity index is 1.86. The predicted molar refractivity (Wildman–Crippen MR) is 96.8 cm³/mol. The van der Waals surface area contributed by atoms with Gasteiger partial charge in [-0.15, -0.1) is 0 Å². The highest BCUT2D eigenvalue weighted by Gasteiger charge is 2.37. The van der Waals surface area contributed by atoms with Gasteiger partial charge in [0.05, 0.1) is 11.7 Å². The van der Waals surface area contributed by atoms with Crippen LogP contribution in [0.5, 0.6) is 0 Å². The number of halogens is 4. The van der Waals surface area contributed by atoms with Crippen LogP contribution in [0, 0.1) is 11.7 Å². The number of carbonyl (C=O) groups excluding carboxylic acids is 1. The first-order valence-electron chi connectivity index (χ1n) is 8.92. The molecule has 0 bridgehead atoms. The van der Waals surface area contributed by atoms with E-state index in [4.69, 9.17) is 4.65 Å². The van der Waals surface area contributed by atoms with Crippen LogP contribution in [0.4, 0.5) is 17.6 Å². The summed E-state index contributed by atoms with van der Waals surface area (Å²) < 4.78 is 58.2. The normalized spacial score (nSPS) is 16.6. The van der Waals surface area contributed by atoms with Gasteiger partial charge >= 0.3 is 13.3 Å². The number of Topliss-reactive ketones (excluding diaryl/α,β-unsaturated/α-hetero) is 1. The molecule has 0 aromatic heterocycles. The standard InChI is InChI=1S/C20H19BF4O3/c1-11(2)7-19-15-5-3-12(8-17(15)21(27)28-19)9-18(26)14-6-4-13(22)10-16(14)20(23,24)25/h3-6,8,10-11,19,27H,7,9H2,1-2H3. The molecule has 148 valence electrons. The van der Waals surface area contributed by atoms with E-state index in [0.717, 1.165) is 17.7 Å². The molecule has 8 heteroatoms. The van der Waals surface area contributed by atoms with Crippen molar-refractivity contribution in [2.45, 2.75) is 39.0 Å². The van der Waals surface area contributed by atoms with Crippen molar-refractivity contribution >= 4 is 18.4 Å². The molecule has 1 heterocycles. The average molecular weight is 394 g/mol. The minimum Gasteiger partial charge on any atom is -0.423 e. The Morgan fingerprint density at radius 3 is 2.57 bits per heavy atom. The summed E-state index contributed by atoms with van der Waals surface area (Å²) in [7, 11) is -1.13. The molecule has 3 nitrogen and oxygen atoms in total. The maximum absolute atomic E-state index is 13.2. The smallest absolute Gasteiger partial charge is 0.423 e. The van der Waals surface area contributed by atoms with Crippen LogP contribution < -0.4 is 5.46 Å². The van der Waals surface area contributed by atoms with E-state index in [2.05, 4.69) is 0 Å². The van der Waals surface area contributed by atoms with Crippen LogP contribution in [0.15, 0.2) is 36.4 Å². The zero-order valence-corrected chi connectivity index (χ0v) is 15.4. The summed E-state index contributed by atoms with van der Waals surface area (Å²) in [5, 5.41) is 10.1. The Morgan fingerprint density at radius 1 is 1.21 bits per heavy atom. The second-order valence-electron chi connectivity index (χ2n) is 7.36. The molecular formula is C20H19BF4O3. The zero-order valence-electron chi connectivity index (χ0n) is 15.4. The molecule has 3 rings (SSSR count). The Labute approximate surface area is 160 Å². The number of hydrogen-bond donors (Lipinski definition) is 1. The molecule has 1 aliphatic rings. The van der Waals surface area contributed by atoms with E-state index in [1.807, 2.05) is 13.8 Å². The lowest BCUT2D eigenvalue weighted by molar-refractivity contribution is -0.138. The maximum Gasteiger partial charge on any atom is 0.491 e. The first-order valence-corrected chi connectivity index (χ1v) is 8.92. The number of alkyl halides is 3. The number of ketones is 1. The van der Waals surface area contributed by atoms with Gasteiger partial charge in [0.2, 0.25) is 0 Å². The summed E-state index contributed by atoms with van der Waals surface area (Å²) in [6, 6.07) is 6.96. The molecule has 1 N–H and O–H groups in total. The largest absolute Gasteiger partial charge is 0.491 e. The first kappa shape index (κ1) is 20.5. The molecule has 2 aromatic carbocycles. The van der Waals surface area contributed by atoms with Crippen LogP contribution in [0.1, 0.15) is 53.4 Å². The van der Waals surface area contributed by atoms with E-state index < -0.39 is 36.0 Å². The molecule has 1 atom stereocenters. The van der Waals surface area contributed by atoms with Crippen molar-refractivity contribution in [1.29, 1.82) is 0 Å². The van der Waals surface area contributed by atoms with Crippen molar-refractivity contribution in [2.75, 3.05) is 0 Å². The third kappa shape index (κ3) is 4.28. The Hall–Kier alpha value is -2.19. The van der Waals surface area contributed by atoms with E-state index >= 15 is 0 Å². The predicted octanol–water partition coefficient (Wildman–Crippen LogP) is 4.07. The van der Waals surface area contributed by atoms with Gasteiger partial charge in [-0.2, -0.15) is 13.2 Å². The fraction of sp³-hybridized carbons (Fsp3) is 0.350. The molecule has 0 amide bonds. The number of hydrogen-bond acceptors (Lipinski definition) is 3. The van der Waals surface area contributed by atoms with Crippen molar-refractivity contribution in [2.24, 2.45) is 5.92 Å². The molecule has 0 spiro atoms. The van der Waals surface area contributed by atoms with E-state index in [1.165, 1.54) is 0 Å². The topological polar surface area (TPSA) is 46.5 Å². The van der Waals surface area contributed by atoms with Crippen molar-refractivity contribution < 1.29 is 32.0 Å². The number of carbonyl (C=O) groups is 1. The van der Waals surface area contributed by atoms with Gasteiger partial charge in [0.15, 0.2) is 5.78 Å². The summed E-state index contributed by atoms with van der Waals surface area (Å²) in [6.45, 7) is 4.06. The van der Waals surface area contributed by atoms with Gasteiger partial charge in [-0.1, -0.05) is 32.0 Å². The van der Waals surface area contributed by atoms with Crippen LogP contribution in [0.2, 0.25) is 0 Å². The van der Waals surface area contributed by atoms with Gasteiger partial charge in [-0.05, 0) is 47.1 Å². The lowest BCUT2D eigenvalue weighted by atomic mass is 9.77. The van der Waals surface area contributed by atoms with Crippen molar-refractivity contribution in [1.82, 2.24) is 0 Å². The van der Waals surface area contributed by atoms with Crippen molar-refractivity contribution in [3.63, 3.8) is 0 Å². The molecule has 2 aromatic rings. The van der Waals surface area contributed by atoms with Gasteiger partial charge < -0.3 is 9.68 Å². The second kappa shape index (κ2) is 7.68. The van der Waals surface area contributed by atoms with Gasteiger partial charge in [-0.3, -0.25) is 4.79 Å². The highest BCUT2D eigenvalue weighted by molar-refractivity contribution is 6.61. The molecule has 0 radical (unpaired) electrons. The van der Waals surface area contributed by atoms with Crippen LogP contribution in [0.25, 0.3) is 0 Å². The van der Waals surface area contributed by atoms with E-state index in [1.54, 1.807) is 18.2 Å². The van der Waals surface area contributed by atoms with Crippen LogP contribution in [-0.4, -0.2) is 17.9 Å². The van der Waals surface area contributed by atoms with E-state index in [0.29, 0.717) is 29.4 Å².